The van der Waals surface area contributed by atoms with Crippen molar-refractivity contribution in [1.29, 1.82) is 0 Å². The van der Waals surface area contributed by atoms with E-state index in [1.807, 2.05) is 0 Å². The third-order valence-corrected chi connectivity index (χ3v) is 2.79. The molecule has 0 aromatic heterocycles. The average Bonchev–Trinajstić information content (AvgIpc) is 3.13. The third-order valence-electron chi connectivity index (χ3n) is 2.79. The number of ether oxygens (including phenoxy) is 1. The van der Waals surface area contributed by atoms with Gasteiger partial charge in [-0.05, 0) is 45.2 Å². The summed E-state index contributed by atoms with van der Waals surface area (Å²) in [6.45, 7) is 6.25. The molecule has 0 spiro atoms. The van der Waals surface area contributed by atoms with E-state index in [2.05, 4.69) is 29.6 Å². The van der Waals surface area contributed by atoms with Crippen LogP contribution in [-0.2, 0) is 16.0 Å². The lowest BCUT2D eigenvalue weighted by Gasteiger charge is -2.22. The second-order valence-electron chi connectivity index (χ2n) is 6.15. The Balaban J connectivity index is 0.000000279. The number of amides is 1. The summed E-state index contributed by atoms with van der Waals surface area (Å²) in [6.07, 6.45) is -0.807. The molecule has 0 saturated heterocycles. The van der Waals surface area contributed by atoms with Crippen molar-refractivity contribution in [3.8, 4) is 0 Å². The summed E-state index contributed by atoms with van der Waals surface area (Å²) < 4.78 is 4.84. The molecule has 1 aliphatic rings. The highest BCUT2D eigenvalue weighted by molar-refractivity contribution is 5.80. The number of hydrogen-bond acceptors (Lipinski definition) is 4. The highest BCUT2D eigenvalue weighted by atomic mass is 16.6. The lowest BCUT2D eigenvalue weighted by Crippen LogP contribution is -2.49. The monoisotopic (exact) mass is 309 g/mol. The van der Waals surface area contributed by atoms with Crippen LogP contribution < -0.4 is 5.32 Å². The Morgan fingerprint density at radius 2 is 1.73 bits per heavy atom. The summed E-state index contributed by atoms with van der Waals surface area (Å²) in [5, 5.41) is 19.8. The number of benzene rings is 1. The predicted molar refractivity (Wildman–Crippen MR) is 81.7 cm³/mol. The molecule has 0 aliphatic heterocycles. The zero-order valence-corrected chi connectivity index (χ0v) is 13.3. The van der Waals surface area contributed by atoms with E-state index in [0.29, 0.717) is 0 Å². The molecular weight excluding hydrogens is 286 g/mol. The van der Waals surface area contributed by atoms with E-state index in [0.717, 1.165) is 0 Å². The fourth-order valence-electron chi connectivity index (χ4n) is 1.66. The fourth-order valence-corrected chi connectivity index (χ4v) is 1.66. The average molecular weight is 309 g/mol. The molecule has 0 saturated carbocycles. The Morgan fingerprint density at radius 3 is 2.05 bits per heavy atom. The molecule has 0 bridgehead atoms. The molecule has 1 aliphatic carbocycles. The molecule has 122 valence electrons. The van der Waals surface area contributed by atoms with Crippen LogP contribution in [0.15, 0.2) is 24.3 Å². The van der Waals surface area contributed by atoms with Crippen LogP contribution in [0.1, 0.15) is 38.8 Å². The summed E-state index contributed by atoms with van der Waals surface area (Å²) in [5.74, 6) is -1.31. The van der Waals surface area contributed by atoms with Crippen LogP contribution in [0.4, 0.5) is 4.79 Å². The van der Waals surface area contributed by atoms with Gasteiger partial charge in [0.05, 0.1) is 6.10 Å². The minimum Gasteiger partial charge on any atom is -0.480 e. The molecule has 6 nitrogen and oxygen atoms in total. The van der Waals surface area contributed by atoms with E-state index >= 15 is 0 Å². The normalized spacial score (nSPS) is 14.6. The zero-order chi connectivity index (χ0) is 16.9. The molecule has 2 atom stereocenters. The highest BCUT2D eigenvalue weighted by Gasteiger charge is 2.27. The first-order valence-electron chi connectivity index (χ1n) is 7.07. The fraction of sp³-hybridized carbons (Fsp3) is 0.500. The molecule has 2 rings (SSSR count). The van der Waals surface area contributed by atoms with Crippen molar-refractivity contribution in [2.75, 3.05) is 0 Å². The lowest BCUT2D eigenvalue weighted by molar-refractivity contribution is -0.142. The number of carboxylic acids is 1. The van der Waals surface area contributed by atoms with Gasteiger partial charge in [-0.1, -0.05) is 24.3 Å². The van der Waals surface area contributed by atoms with Gasteiger partial charge in [0.1, 0.15) is 5.60 Å². The van der Waals surface area contributed by atoms with Crippen LogP contribution in [-0.4, -0.2) is 40.0 Å². The first-order chi connectivity index (χ1) is 10.1. The second kappa shape index (κ2) is 7.26. The van der Waals surface area contributed by atoms with E-state index < -0.39 is 29.8 Å². The van der Waals surface area contributed by atoms with Gasteiger partial charge in [-0.3, -0.25) is 0 Å². The molecule has 0 radical (unpaired) electrons. The smallest absolute Gasteiger partial charge is 0.408 e. The van der Waals surface area contributed by atoms with Gasteiger partial charge >= 0.3 is 12.1 Å². The first-order valence-corrected chi connectivity index (χ1v) is 7.07. The Morgan fingerprint density at radius 1 is 1.23 bits per heavy atom. The topological polar surface area (TPSA) is 95.9 Å². The number of carboxylic acid groups (broad SMARTS) is 1. The highest BCUT2D eigenvalue weighted by Crippen LogP contribution is 2.25. The largest absolute Gasteiger partial charge is 0.480 e. The molecule has 3 N–H and O–H groups in total. The van der Waals surface area contributed by atoms with Gasteiger partial charge in [-0.15, -0.1) is 0 Å². The molecule has 1 amide bonds. The van der Waals surface area contributed by atoms with Crippen LogP contribution in [0.3, 0.4) is 0 Å². The summed E-state index contributed by atoms with van der Waals surface area (Å²) in [4.78, 5) is 21.8. The number of alkyl carbamates (subject to hydrolysis) is 1. The van der Waals surface area contributed by atoms with Crippen molar-refractivity contribution in [3.05, 3.63) is 35.4 Å². The minimum absolute atomic E-state index is 0.703. The predicted octanol–water partition coefficient (Wildman–Crippen LogP) is 1.94. The lowest BCUT2D eigenvalue weighted by atomic mass is 10.2. The number of aliphatic hydroxyl groups excluding tert-OH is 1. The number of fused-ring (bicyclic) bond motifs is 1. The van der Waals surface area contributed by atoms with Gasteiger partial charge in [0.2, 0.25) is 0 Å². The van der Waals surface area contributed by atoms with E-state index in [1.54, 1.807) is 20.8 Å². The molecule has 1 aromatic carbocycles. The molecule has 0 fully saturated rings. The van der Waals surface area contributed by atoms with Gasteiger partial charge in [-0.2, -0.15) is 0 Å². The number of nitrogens with one attached hydrogen (secondary N) is 1. The van der Waals surface area contributed by atoms with Crippen molar-refractivity contribution in [1.82, 2.24) is 5.32 Å². The van der Waals surface area contributed by atoms with Crippen LogP contribution in [0.2, 0.25) is 0 Å². The van der Waals surface area contributed by atoms with Gasteiger partial charge < -0.3 is 20.3 Å². The minimum atomic E-state index is -1.36. The van der Waals surface area contributed by atoms with Crippen molar-refractivity contribution in [2.45, 2.75) is 51.9 Å². The molecule has 22 heavy (non-hydrogen) atoms. The first kappa shape index (κ1) is 18.0. The van der Waals surface area contributed by atoms with Crippen molar-refractivity contribution in [3.63, 3.8) is 0 Å². The third kappa shape index (κ3) is 6.58. The Labute approximate surface area is 130 Å². The summed E-state index contributed by atoms with van der Waals surface area (Å²) in [7, 11) is 0. The SMILES string of the molecule is CC(O)C(NC(=O)OC(C)(C)C)C(=O)O.c1ccc2c(c1)C2. The maximum Gasteiger partial charge on any atom is 0.408 e. The van der Waals surface area contributed by atoms with Gasteiger partial charge in [0, 0.05) is 0 Å². The number of carbonyl (C=O) groups is 2. The number of carbonyl (C=O) groups excluding carboxylic acids is 1. The van der Waals surface area contributed by atoms with Crippen LogP contribution in [0, 0.1) is 0 Å². The van der Waals surface area contributed by atoms with Gasteiger partial charge in [-0.25, -0.2) is 9.59 Å². The van der Waals surface area contributed by atoms with Crippen LogP contribution >= 0.6 is 0 Å². The number of aliphatic hydroxyl groups is 1. The number of hydrogen-bond donors (Lipinski definition) is 3. The molecule has 1 aromatic rings. The standard InChI is InChI=1S/C9H17NO5.C7H6/c1-5(11)6(7(12)13)10-8(14)15-9(2,3)4;1-2-4-7-5-6(7)3-1/h5-6,11H,1-4H3,(H,10,14)(H,12,13);1-4H,5H2. The maximum atomic E-state index is 11.2. The number of aliphatic carboxylic acids is 1. The Bertz CT molecular complexity index is 513. The number of rotatable bonds is 3. The molecule has 6 heteroatoms. The van der Waals surface area contributed by atoms with Crippen LogP contribution in [0.25, 0.3) is 0 Å². The van der Waals surface area contributed by atoms with Gasteiger partial charge in [0.15, 0.2) is 6.04 Å². The quantitative estimate of drug-likeness (QED) is 0.805. The summed E-state index contributed by atoms with van der Waals surface area (Å²) in [6, 6.07) is 7.17. The van der Waals surface area contributed by atoms with E-state index in [1.165, 1.54) is 24.5 Å². The van der Waals surface area contributed by atoms with Crippen LogP contribution in [0.5, 0.6) is 0 Å². The van der Waals surface area contributed by atoms with E-state index in [-0.39, 0.29) is 0 Å². The van der Waals surface area contributed by atoms with Crippen molar-refractivity contribution >= 4 is 12.1 Å². The van der Waals surface area contributed by atoms with Crippen molar-refractivity contribution in [2.24, 2.45) is 0 Å². The van der Waals surface area contributed by atoms with Gasteiger partial charge in [0.25, 0.3) is 0 Å². The second-order valence-corrected chi connectivity index (χ2v) is 6.15. The Hall–Kier alpha value is -2.08. The molecule has 0 heterocycles. The Kier molecular flexibility index (Phi) is 5.93. The van der Waals surface area contributed by atoms with Crippen molar-refractivity contribution < 1.29 is 24.5 Å². The summed E-state index contributed by atoms with van der Waals surface area (Å²) in [5.41, 5.74) is 2.36. The molecule has 2 unspecified atom stereocenters. The molecular formula is C16H23NO5. The van der Waals surface area contributed by atoms with E-state index in [9.17, 15) is 9.59 Å². The van der Waals surface area contributed by atoms with E-state index in [4.69, 9.17) is 14.9 Å². The zero-order valence-electron chi connectivity index (χ0n) is 13.3. The summed E-state index contributed by atoms with van der Waals surface area (Å²) >= 11 is 0. The maximum absolute atomic E-state index is 11.2.